The fraction of sp³-hybridized carbons (Fsp3) is 0.586. The Kier molecular flexibility index (Phi) is 9.23. The van der Waals surface area contributed by atoms with Gasteiger partial charge in [-0.1, -0.05) is 17.8 Å². The summed E-state index contributed by atoms with van der Waals surface area (Å²) < 4.78 is 41.7. The maximum absolute atomic E-state index is 13.9. The van der Waals surface area contributed by atoms with Gasteiger partial charge in [0, 0.05) is 99.1 Å². The third kappa shape index (κ3) is 6.81. The monoisotopic (exact) mass is 581 g/mol. The lowest BCUT2D eigenvalue weighted by Gasteiger charge is -2.36. The van der Waals surface area contributed by atoms with Crippen LogP contribution in [0.1, 0.15) is 42.4 Å². The van der Waals surface area contributed by atoms with Crippen LogP contribution in [0.25, 0.3) is 0 Å². The average Bonchev–Trinajstić information content (AvgIpc) is 3.47. The van der Waals surface area contributed by atoms with Crippen LogP contribution >= 0.6 is 24.2 Å². The zero-order chi connectivity index (χ0) is 26.1. The highest BCUT2D eigenvalue weighted by Crippen LogP contribution is 2.46. The number of fused-ring (bicyclic) bond motifs is 2. The molecule has 0 bridgehead atoms. The van der Waals surface area contributed by atoms with Crippen LogP contribution in [0, 0.1) is 0 Å². The smallest absolute Gasteiger partial charge is 0.382 e. The number of likely N-dealkylation sites (tertiary alicyclic amines) is 1. The minimum atomic E-state index is -4.36. The molecule has 5 nitrogen and oxygen atoms in total. The van der Waals surface area contributed by atoms with Gasteiger partial charge in [-0.2, -0.15) is 13.2 Å². The largest absolute Gasteiger partial charge is 0.416 e. The standard InChI is InChI=1S/C29H38F3N5S.ClH/c30-29(31,32)22-18-26(34-23-5-11-35(12-6-23)15-16-36-13-7-33-8-14-36)25-17-21-3-4-24(37-9-1-2-10-37)20-27(21)38-28(25)19-22;/h3-4,18-20,23,33-34H,1-2,5-17H2;1H. The lowest BCUT2D eigenvalue weighted by molar-refractivity contribution is -0.137. The van der Waals surface area contributed by atoms with E-state index in [0.29, 0.717) is 12.1 Å². The van der Waals surface area contributed by atoms with Crippen molar-refractivity contribution in [1.82, 2.24) is 15.1 Å². The van der Waals surface area contributed by atoms with Crippen molar-refractivity contribution in [3.63, 3.8) is 0 Å². The van der Waals surface area contributed by atoms with E-state index >= 15 is 0 Å². The van der Waals surface area contributed by atoms with E-state index in [0.717, 1.165) is 93.6 Å². The maximum atomic E-state index is 13.9. The van der Waals surface area contributed by atoms with Crippen LogP contribution in [0.2, 0.25) is 0 Å². The third-order valence-corrected chi connectivity index (χ3v) is 9.72. The van der Waals surface area contributed by atoms with Gasteiger partial charge in [-0.3, -0.25) is 4.90 Å². The molecule has 3 fully saturated rings. The van der Waals surface area contributed by atoms with Crippen LogP contribution in [-0.4, -0.2) is 81.3 Å². The molecule has 2 aromatic rings. The first-order valence-corrected chi connectivity index (χ1v) is 15.0. The summed E-state index contributed by atoms with van der Waals surface area (Å²) in [4.78, 5) is 9.23. The van der Waals surface area contributed by atoms with E-state index in [9.17, 15) is 13.2 Å². The Morgan fingerprint density at radius 3 is 2.26 bits per heavy atom. The molecule has 0 atom stereocenters. The van der Waals surface area contributed by atoms with E-state index in [1.807, 2.05) is 0 Å². The first-order valence-electron chi connectivity index (χ1n) is 14.1. The molecule has 3 saturated heterocycles. The molecule has 6 rings (SSSR count). The van der Waals surface area contributed by atoms with Gasteiger partial charge in [0.05, 0.1) is 5.56 Å². The second-order valence-corrected chi connectivity index (χ2v) is 12.2. The van der Waals surface area contributed by atoms with Crippen molar-refractivity contribution in [3.8, 4) is 0 Å². The van der Waals surface area contributed by atoms with Crippen LogP contribution in [0.3, 0.4) is 0 Å². The fourth-order valence-electron chi connectivity index (χ4n) is 6.21. The van der Waals surface area contributed by atoms with Gasteiger partial charge in [0.2, 0.25) is 0 Å². The molecular weight excluding hydrogens is 543 g/mol. The lowest BCUT2D eigenvalue weighted by Crippen LogP contribution is -2.48. The van der Waals surface area contributed by atoms with Crippen molar-refractivity contribution >= 4 is 35.5 Å². The highest BCUT2D eigenvalue weighted by molar-refractivity contribution is 7.99. The van der Waals surface area contributed by atoms with E-state index in [1.54, 1.807) is 0 Å². The van der Waals surface area contributed by atoms with Crippen LogP contribution < -0.4 is 15.5 Å². The Bertz CT molecular complexity index is 1130. The quantitative estimate of drug-likeness (QED) is 0.396. The molecule has 39 heavy (non-hydrogen) atoms. The molecule has 0 amide bonds. The molecule has 2 aromatic carbocycles. The highest BCUT2D eigenvalue weighted by Gasteiger charge is 2.34. The Morgan fingerprint density at radius 2 is 1.56 bits per heavy atom. The van der Waals surface area contributed by atoms with Crippen LogP contribution in [0.5, 0.6) is 0 Å². The molecule has 0 unspecified atom stereocenters. The Balaban J connectivity index is 0.00000308. The van der Waals surface area contributed by atoms with Gasteiger partial charge in [0.15, 0.2) is 0 Å². The number of rotatable bonds is 6. The first-order chi connectivity index (χ1) is 18.4. The second-order valence-electron chi connectivity index (χ2n) is 11.1. The Labute approximate surface area is 240 Å². The van der Waals surface area contributed by atoms with Crippen molar-refractivity contribution in [2.24, 2.45) is 0 Å². The number of hydrogen-bond acceptors (Lipinski definition) is 6. The summed E-state index contributed by atoms with van der Waals surface area (Å²) >= 11 is 1.50. The van der Waals surface area contributed by atoms with Crippen molar-refractivity contribution in [3.05, 3.63) is 47.0 Å². The van der Waals surface area contributed by atoms with Gasteiger partial charge in [0.1, 0.15) is 0 Å². The SMILES string of the molecule is Cl.FC(F)(F)c1cc(NC2CCN(CCN3CCNCC3)CC2)c2c(c1)Sc1cc(N3CCCC3)ccc1C2. The van der Waals surface area contributed by atoms with E-state index in [-0.39, 0.29) is 18.4 Å². The number of nitrogens with one attached hydrogen (secondary N) is 2. The molecule has 0 radical (unpaired) electrons. The van der Waals surface area contributed by atoms with Gasteiger partial charge in [-0.05, 0) is 61.1 Å². The van der Waals surface area contributed by atoms with Crippen LogP contribution in [-0.2, 0) is 12.6 Å². The molecule has 0 spiro atoms. The van der Waals surface area contributed by atoms with Crippen LogP contribution in [0.4, 0.5) is 24.5 Å². The predicted molar refractivity (Wildman–Crippen MR) is 156 cm³/mol. The summed E-state index contributed by atoms with van der Waals surface area (Å²) in [5.41, 5.74) is 3.50. The number of hydrogen-bond donors (Lipinski definition) is 2. The summed E-state index contributed by atoms with van der Waals surface area (Å²) in [6.07, 6.45) is 0.613. The normalized spacial score (nSPS) is 20.8. The van der Waals surface area contributed by atoms with Crippen molar-refractivity contribution in [2.75, 3.05) is 75.7 Å². The molecule has 4 aliphatic heterocycles. The maximum Gasteiger partial charge on any atom is 0.416 e. The molecule has 2 N–H and O–H groups in total. The van der Waals surface area contributed by atoms with E-state index < -0.39 is 11.7 Å². The summed E-state index contributed by atoms with van der Waals surface area (Å²) in [5.74, 6) is 0. The van der Waals surface area contributed by atoms with Crippen molar-refractivity contribution < 1.29 is 13.2 Å². The molecule has 0 aromatic heterocycles. The molecule has 4 heterocycles. The number of anilines is 2. The number of halogens is 4. The molecule has 0 saturated carbocycles. The number of piperazine rings is 1. The number of piperidine rings is 1. The number of alkyl halides is 3. The van der Waals surface area contributed by atoms with Crippen molar-refractivity contribution in [1.29, 1.82) is 0 Å². The van der Waals surface area contributed by atoms with Crippen molar-refractivity contribution in [2.45, 2.75) is 54.1 Å². The first kappa shape index (κ1) is 28.9. The summed E-state index contributed by atoms with van der Waals surface area (Å²) in [7, 11) is 0. The summed E-state index contributed by atoms with van der Waals surface area (Å²) in [6.45, 7) is 10.6. The van der Waals surface area contributed by atoms with Gasteiger partial charge in [0.25, 0.3) is 0 Å². The van der Waals surface area contributed by atoms with E-state index in [2.05, 4.69) is 43.5 Å². The van der Waals surface area contributed by atoms with E-state index in [1.165, 1.54) is 48.0 Å². The molecular formula is C29H39ClF3N5S. The highest BCUT2D eigenvalue weighted by atomic mass is 35.5. The molecule has 214 valence electrons. The minimum Gasteiger partial charge on any atom is -0.382 e. The summed E-state index contributed by atoms with van der Waals surface area (Å²) in [6, 6.07) is 9.44. The van der Waals surface area contributed by atoms with Gasteiger partial charge in [-0.15, -0.1) is 12.4 Å². The van der Waals surface area contributed by atoms with Gasteiger partial charge < -0.3 is 20.4 Å². The average molecular weight is 582 g/mol. The zero-order valence-corrected chi connectivity index (χ0v) is 24.0. The molecule has 0 aliphatic carbocycles. The Hall–Kier alpha value is -1.65. The van der Waals surface area contributed by atoms with Crippen LogP contribution in [0.15, 0.2) is 40.1 Å². The zero-order valence-electron chi connectivity index (χ0n) is 22.4. The second kappa shape index (κ2) is 12.5. The lowest BCUT2D eigenvalue weighted by atomic mass is 9.98. The summed E-state index contributed by atoms with van der Waals surface area (Å²) in [5, 5.41) is 6.97. The minimum absolute atomic E-state index is 0. The topological polar surface area (TPSA) is 33.8 Å². The van der Waals surface area contributed by atoms with Gasteiger partial charge in [-0.25, -0.2) is 0 Å². The van der Waals surface area contributed by atoms with Gasteiger partial charge >= 0.3 is 6.18 Å². The Morgan fingerprint density at radius 1 is 0.872 bits per heavy atom. The predicted octanol–water partition coefficient (Wildman–Crippen LogP) is 5.56. The number of benzene rings is 2. The number of nitrogens with zero attached hydrogens (tertiary/aromatic N) is 3. The van der Waals surface area contributed by atoms with E-state index in [4.69, 9.17) is 0 Å². The fourth-order valence-corrected chi connectivity index (χ4v) is 7.39. The molecule has 4 aliphatic rings. The molecule has 10 heteroatoms. The third-order valence-electron chi connectivity index (χ3n) is 8.53.